The van der Waals surface area contributed by atoms with E-state index in [9.17, 15) is 36.3 Å². The van der Waals surface area contributed by atoms with E-state index in [-0.39, 0.29) is 57.5 Å². The predicted molar refractivity (Wildman–Crippen MR) is 94.2 cm³/mol. The van der Waals surface area contributed by atoms with Crippen molar-refractivity contribution in [2.45, 2.75) is 38.8 Å². The number of halogens is 5. The van der Waals surface area contributed by atoms with Crippen LogP contribution in [0.1, 0.15) is 26.7 Å². The molecule has 1 rings (SSSR count). The minimum atomic E-state index is -5.97. The number of hydrogen-bond acceptors (Lipinski definition) is 4. The lowest BCUT2D eigenvalue weighted by molar-refractivity contribution is -0.274. The maximum absolute atomic E-state index is 13.5. The Morgan fingerprint density at radius 1 is 0.690 bits per heavy atom. The fourth-order valence-electron chi connectivity index (χ4n) is 2.92. The van der Waals surface area contributed by atoms with E-state index in [1.807, 2.05) is 0 Å². The lowest BCUT2D eigenvalue weighted by Gasteiger charge is -2.31. The van der Waals surface area contributed by atoms with Crippen LogP contribution in [0, 0.1) is 0 Å². The molecular weight excluding hydrogens is 403 g/mol. The molecular formula is C17H27F5N4O3. The summed E-state index contributed by atoms with van der Waals surface area (Å²) in [5.74, 6) is -8.23. The van der Waals surface area contributed by atoms with Gasteiger partial charge in [-0.25, -0.2) is 0 Å². The first kappa shape index (κ1) is 25.1. The van der Waals surface area contributed by atoms with Gasteiger partial charge in [0.05, 0.1) is 0 Å². The standard InChI is InChI=1S/C17H27F5N4O3/c1-13(27)24-7-3-5-23-6-10-26(15(29)16(18,19)17(20,21)22)9-4-8-25(12-11-24)14(2)28/h23H,3-12H2,1-2H3. The van der Waals surface area contributed by atoms with E-state index in [1.54, 1.807) is 4.90 Å². The molecule has 0 aromatic carbocycles. The van der Waals surface area contributed by atoms with E-state index < -0.39 is 18.0 Å². The van der Waals surface area contributed by atoms with Gasteiger partial charge in [-0.3, -0.25) is 14.4 Å². The van der Waals surface area contributed by atoms with Crippen LogP contribution < -0.4 is 5.32 Å². The van der Waals surface area contributed by atoms with Crippen molar-refractivity contribution in [2.75, 3.05) is 52.4 Å². The molecule has 0 aromatic heterocycles. The zero-order valence-corrected chi connectivity index (χ0v) is 16.5. The molecule has 168 valence electrons. The summed E-state index contributed by atoms with van der Waals surface area (Å²) in [5, 5.41) is 2.88. The molecule has 0 saturated carbocycles. The second kappa shape index (κ2) is 10.7. The predicted octanol–water partition coefficient (Wildman–Crippen LogP) is 1.09. The molecule has 0 aromatic rings. The highest BCUT2D eigenvalue weighted by Gasteiger charge is 2.64. The van der Waals surface area contributed by atoms with Gasteiger partial charge in [0.25, 0.3) is 0 Å². The average Bonchev–Trinajstić information content (AvgIpc) is 2.60. The molecule has 12 heteroatoms. The van der Waals surface area contributed by atoms with Crippen LogP contribution >= 0.6 is 0 Å². The van der Waals surface area contributed by atoms with Gasteiger partial charge in [0.2, 0.25) is 11.8 Å². The Labute approximate surface area is 166 Å². The Kier molecular flexibility index (Phi) is 9.24. The summed E-state index contributed by atoms with van der Waals surface area (Å²) >= 11 is 0. The Morgan fingerprint density at radius 3 is 1.66 bits per heavy atom. The summed E-state index contributed by atoms with van der Waals surface area (Å²) < 4.78 is 64.6. The van der Waals surface area contributed by atoms with Gasteiger partial charge in [0.1, 0.15) is 0 Å². The van der Waals surface area contributed by atoms with Gasteiger partial charge in [-0.05, 0) is 19.4 Å². The van der Waals surface area contributed by atoms with Crippen molar-refractivity contribution in [3.63, 3.8) is 0 Å². The van der Waals surface area contributed by atoms with Crippen LogP contribution in [0.25, 0.3) is 0 Å². The molecule has 7 nitrogen and oxygen atoms in total. The number of alkyl halides is 5. The number of nitrogens with zero attached hydrogens (tertiary/aromatic N) is 3. The first-order chi connectivity index (χ1) is 13.4. The lowest BCUT2D eigenvalue weighted by Crippen LogP contribution is -2.54. The van der Waals surface area contributed by atoms with E-state index in [1.165, 1.54) is 18.7 Å². The van der Waals surface area contributed by atoms with Gasteiger partial charge in [0.15, 0.2) is 0 Å². The summed E-state index contributed by atoms with van der Waals surface area (Å²) in [4.78, 5) is 38.8. The van der Waals surface area contributed by atoms with E-state index in [4.69, 9.17) is 0 Å². The van der Waals surface area contributed by atoms with Crippen LogP contribution in [0.5, 0.6) is 0 Å². The third-order valence-electron chi connectivity index (χ3n) is 4.64. The first-order valence-electron chi connectivity index (χ1n) is 9.33. The van der Waals surface area contributed by atoms with Crippen molar-refractivity contribution in [2.24, 2.45) is 0 Å². The lowest BCUT2D eigenvalue weighted by atomic mass is 10.2. The highest BCUT2D eigenvalue weighted by Crippen LogP contribution is 2.36. The molecule has 0 bridgehead atoms. The number of nitrogens with one attached hydrogen (secondary N) is 1. The van der Waals surface area contributed by atoms with Gasteiger partial charge in [-0.1, -0.05) is 0 Å². The van der Waals surface area contributed by atoms with Crippen molar-refractivity contribution in [3.05, 3.63) is 0 Å². The quantitative estimate of drug-likeness (QED) is 0.633. The SMILES string of the molecule is CC(=O)N1CCCNCCN(C(=O)C(F)(F)C(F)(F)F)CCCN(C(C)=O)CC1. The van der Waals surface area contributed by atoms with Crippen molar-refractivity contribution >= 4 is 17.7 Å². The molecule has 29 heavy (non-hydrogen) atoms. The Morgan fingerprint density at radius 2 is 1.17 bits per heavy atom. The minimum Gasteiger partial charge on any atom is -0.341 e. The van der Waals surface area contributed by atoms with Crippen molar-refractivity contribution in [3.8, 4) is 0 Å². The fourth-order valence-corrected chi connectivity index (χ4v) is 2.92. The zero-order valence-electron chi connectivity index (χ0n) is 16.5. The Hall–Kier alpha value is -1.98. The third-order valence-corrected chi connectivity index (χ3v) is 4.64. The maximum atomic E-state index is 13.5. The van der Waals surface area contributed by atoms with Crippen molar-refractivity contribution < 1.29 is 36.3 Å². The number of amides is 3. The molecule has 1 fully saturated rings. The van der Waals surface area contributed by atoms with Gasteiger partial charge in [-0.15, -0.1) is 0 Å². The molecule has 1 aliphatic rings. The summed E-state index contributed by atoms with van der Waals surface area (Å²) in [6.07, 6.45) is -5.43. The summed E-state index contributed by atoms with van der Waals surface area (Å²) in [6, 6.07) is 0. The normalized spacial score (nSPS) is 18.9. The molecule has 0 atom stereocenters. The van der Waals surface area contributed by atoms with Crippen LogP contribution in [0.2, 0.25) is 0 Å². The van der Waals surface area contributed by atoms with Crippen molar-refractivity contribution in [1.82, 2.24) is 20.0 Å². The maximum Gasteiger partial charge on any atom is 0.463 e. The topological polar surface area (TPSA) is 73.0 Å². The second-order valence-corrected chi connectivity index (χ2v) is 6.83. The van der Waals surface area contributed by atoms with E-state index in [2.05, 4.69) is 5.32 Å². The van der Waals surface area contributed by atoms with Gasteiger partial charge in [-0.2, -0.15) is 22.0 Å². The fraction of sp³-hybridized carbons (Fsp3) is 0.824. The molecule has 0 spiro atoms. The number of hydrogen-bond donors (Lipinski definition) is 1. The highest BCUT2D eigenvalue weighted by atomic mass is 19.4. The van der Waals surface area contributed by atoms with Crippen LogP contribution in [0.4, 0.5) is 22.0 Å². The minimum absolute atomic E-state index is 0.0240. The van der Waals surface area contributed by atoms with Crippen LogP contribution in [0.15, 0.2) is 0 Å². The van der Waals surface area contributed by atoms with E-state index >= 15 is 0 Å². The van der Waals surface area contributed by atoms with Gasteiger partial charge in [0, 0.05) is 59.7 Å². The number of carbonyl (C=O) groups excluding carboxylic acids is 3. The Balaban J connectivity index is 2.89. The largest absolute Gasteiger partial charge is 0.463 e. The van der Waals surface area contributed by atoms with Crippen molar-refractivity contribution in [1.29, 1.82) is 0 Å². The molecule has 1 heterocycles. The zero-order chi connectivity index (χ0) is 22.2. The third kappa shape index (κ3) is 7.41. The molecule has 1 saturated heterocycles. The van der Waals surface area contributed by atoms with Crippen LogP contribution in [0.3, 0.4) is 0 Å². The molecule has 0 unspecified atom stereocenters. The molecule has 0 radical (unpaired) electrons. The molecule has 1 aliphatic heterocycles. The van der Waals surface area contributed by atoms with E-state index in [0.717, 1.165) is 0 Å². The first-order valence-corrected chi connectivity index (χ1v) is 9.33. The number of carbonyl (C=O) groups is 3. The number of rotatable bonds is 1. The van der Waals surface area contributed by atoms with E-state index in [0.29, 0.717) is 24.4 Å². The summed E-state index contributed by atoms with van der Waals surface area (Å²) in [5.41, 5.74) is 0. The highest BCUT2D eigenvalue weighted by molar-refractivity contribution is 5.84. The van der Waals surface area contributed by atoms with Gasteiger partial charge < -0.3 is 20.0 Å². The summed E-state index contributed by atoms with van der Waals surface area (Å²) in [7, 11) is 0. The second-order valence-electron chi connectivity index (χ2n) is 6.83. The smallest absolute Gasteiger partial charge is 0.341 e. The molecule has 3 amide bonds. The Bertz CT molecular complexity index is 586. The summed E-state index contributed by atoms with van der Waals surface area (Å²) in [6.45, 7) is 3.39. The monoisotopic (exact) mass is 430 g/mol. The molecule has 1 N–H and O–H groups in total. The van der Waals surface area contributed by atoms with Gasteiger partial charge >= 0.3 is 18.0 Å². The van der Waals surface area contributed by atoms with Crippen LogP contribution in [-0.2, 0) is 14.4 Å². The van der Waals surface area contributed by atoms with Crippen LogP contribution in [-0.4, -0.2) is 96.9 Å². The average molecular weight is 430 g/mol. The molecule has 0 aliphatic carbocycles.